The van der Waals surface area contributed by atoms with E-state index >= 15 is 0 Å². The highest BCUT2D eigenvalue weighted by molar-refractivity contribution is 6.00. The summed E-state index contributed by atoms with van der Waals surface area (Å²) in [7, 11) is 1.55. The molecular formula is C18H19NO3. The Bertz CT molecular complexity index is 665. The molecule has 0 aliphatic rings. The minimum atomic E-state index is -0.201. The fraction of sp³-hybridized carbons (Fsp3) is 0.222. The molecule has 2 rings (SSSR count). The molecule has 0 aromatic heterocycles. The van der Waals surface area contributed by atoms with Crippen molar-refractivity contribution in [3.63, 3.8) is 0 Å². The molecular weight excluding hydrogens is 278 g/mol. The Kier molecular flexibility index (Phi) is 5.31. The van der Waals surface area contributed by atoms with Crippen molar-refractivity contribution in [2.75, 3.05) is 12.4 Å². The number of amides is 1. The number of benzene rings is 2. The number of anilines is 1. The summed E-state index contributed by atoms with van der Waals surface area (Å²) < 4.78 is 5.21. The first-order valence-corrected chi connectivity index (χ1v) is 7.13. The fourth-order valence-electron chi connectivity index (χ4n) is 2.13. The van der Waals surface area contributed by atoms with Gasteiger partial charge >= 0.3 is 0 Å². The molecule has 114 valence electrons. The molecule has 0 bridgehead atoms. The maximum atomic E-state index is 12.0. The first-order chi connectivity index (χ1) is 10.6. The Hall–Kier alpha value is -2.62. The topological polar surface area (TPSA) is 55.4 Å². The summed E-state index contributed by atoms with van der Waals surface area (Å²) in [5.41, 5.74) is 2.28. The van der Waals surface area contributed by atoms with E-state index in [-0.39, 0.29) is 24.5 Å². The molecule has 22 heavy (non-hydrogen) atoms. The number of methoxy groups -OCH3 is 1. The zero-order valence-corrected chi connectivity index (χ0v) is 12.8. The second-order valence-electron chi connectivity index (χ2n) is 5.04. The quantitative estimate of drug-likeness (QED) is 0.829. The lowest BCUT2D eigenvalue weighted by Crippen LogP contribution is -2.14. The number of ether oxygens (including phenoxy) is 1. The van der Waals surface area contributed by atoms with Crippen LogP contribution in [-0.2, 0) is 4.79 Å². The molecule has 0 heterocycles. The highest BCUT2D eigenvalue weighted by atomic mass is 16.5. The van der Waals surface area contributed by atoms with E-state index in [2.05, 4.69) is 5.32 Å². The van der Waals surface area contributed by atoms with E-state index in [1.165, 1.54) is 0 Å². The minimum absolute atomic E-state index is 0.0352. The van der Waals surface area contributed by atoms with Crippen LogP contribution >= 0.6 is 0 Å². The van der Waals surface area contributed by atoms with E-state index in [0.717, 1.165) is 5.56 Å². The average molecular weight is 297 g/mol. The number of carbonyl (C=O) groups is 2. The van der Waals surface area contributed by atoms with Crippen molar-refractivity contribution in [3.05, 3.63) is 59.7 Å². The summed E-state index contributed by atoms with van der Waals surface area (Å²) in [4.78, 5) is 24.0. The second kappa shape index (κ2) is 7.41. The van der Waals surface area contributed by atoms with E-state index in [0.29, 0.717) is 17.0 Å². The SMILES string of the molecule is COc1ccc(C)cc1NC(=O)CCC(=O)c1ccccc1. The summed E-state index contributed by atoms with van der Waals surface area (Å²) in [5, 5.41) is 2.79. The van der Waals surface area contributed by atoms with Gasteiger partial charge in [0.2, 0.25) is 5.91 Å². The molecule has 0 spiro atoms. The first kappa shape index (κ1) is 15.8. The van der Waals surface area contributed by atoms with Gasteiger partial charge in [0.05, 0.1) is 12.8 Å². The van der Waals surface area contributed by atoms with Crippen molar-refractivity contribution in [2.24, 2.45) is 0 Å². The van der Waals surface area contributed by atoms with Crippen LogP contribution in [0.4, 0.5) is 5.69 Å². The maximum absolute atomic E-state index is 12.0. The largest absolute Gasteiger partial charge is 0.495 e. The predicted molar refractivity (Wildman–Crippen MR) is 86.4 cm³/mol. The maximum Gasteiger partial charge on any atom is 0.224 e. The molecule has 0 aliphatic carbocycles. The average Bonchev–Trinajstić information content (AvgIpc) is 2.53. The van der Waals surface area contributed by atoms with Gasteiger partial charge in [-0.1, -0.05) is 36.4 Å². The molecule has 4 nitrogen and oxygen atoms in total. The third-order valence-electron chi connectivity index (χ3n) is 3.30. The molecule has 4 heteroatoms. The molecule has 1 N–H and O–H groups in total. The van der Waals surface area contributed by atoms with Crippen LogP contribution in [0.15, 0.2) is 48.5 Å². The lowest BCUT2D eigenvalue weighted by molar-refractivity contribution is -0.116. The van der Waals surface area contributed by atoms with Gasteiger partial charge in [0.25, 0.3) is 0 Å². The summed E-state index contributed by atoms with van der Waals surface area (Å²) in [5.74, 6) is 0.369. The standard InChI is InChI=1S/C18H19NO3/c1-13-8-10-17(22-2)15(12-13)19-18(21)11-9-16(20)14-6-4-3-5-7-14/h3-8,10,12H,9,11H2,1-2H3,(H,19,21). The van der Waals surface area contributed by atoms with Crippen LogP contribution in [0.5, 0.6) is 5.75 Å². The molecule has 2 aromatic rings. The van der Waals surface area contributed by atoms with Crippen LogP contribution in [0.2, 0.25) is 0 Å². The van der Waals surface area contributed by atoms with Crippen molar-refractivity contribution in [1.29, 1.82) is 0 Å². The summed E-state index contributed by atoms with van der Waals surface area (Å²) in [6, 6.07) is 14.5. The first-order valence-electron chi connectivity index (χ1n) is 7.13. The second-order valence-corrected chi connectivity index (χ2v) is 5.04. The van der Waals surface area contributed by atoms with Crippen LogP contribution in [0.25, 0.3) is 0 Å². The van der Waals surface area contributed by atoms with Crippen molar-refractivity contribution < 1.29 is 14.3 Å². The van der Waals surface area contributed by atoms with E-state index < -0.39 is 0 Å². The highest BCUT2D eigenvalue weighted by Crippen LogP contribution is 2.25. The van der Waals surface area contributed by atoms with Crippen LogP contribution in [0.1, 0.15) is 28.8 Å². The summed E-state index contributed by atoms with van der Waals surface area (Å²) in [6.07, 6.45) is 0.328. The fourth-order valence-corrected chi connectivity index (χ4v) is 2.13. The molecule has 0 radical (unpaired) electrons. The number of rotatable bonds is 6. The third kappa shape index (κ3) is 4.19. The number of nitrogens with one attached hydrogen (secondary N) is 1. The minimum Gasteiger partial charge on any atom is -0.495 e. The smallest absolute Gasteiger partial charge is 0.224 e. The van der Waals surface area contributed by atoms with Crippen molar-refractivity contribution in [1.82, 2.24) is 0 Å². The van der Waals surface area contributed by atoms with E-state index in [1.807, 2.05) is 37.3 Å². The van der Waals surface area contributed by atoms with Gasteiger partial charge in [0.15, 0.2) is 5.78 Å². The molecule has 0 fully saturated rings. The summed E-state index contributed by atoms with van der Waals surface area (Å²) in [6.45, 7) is 1.94. The molecule has 2 aromatic carbocycles. The third-order valence-corrected chi connectivity index (χ3v) is 3.30. The highest BCUT2D eigenvalue weighted by Gasteiger charge is 2.11. The Labute approximate surface area is 130 Å². The van der Waals surface area contributed by atoms with Crippen LogP contribution < -0.4 is 10.1 Å². The molecule has 0 saturated heterocycles. The molecule has 1 amide bonds. The van der Waals surface area contributed by atoms with Crippen molar-refractivity contribution in [3.8, 4) is 5.75 Å². The van der Waals surface area contributed by atoms with Gasteiger partial charge in [0.1, 0.15) is 5.75 Å². The zero-order valence-electron chi connectivity index (χ0n) is 12.8. The number of Topliss-reactive ketones (excluding diaryl/α,β-unsaturated/α-hetero) is 1. The van der Waals surface area contributed by atoms with Gasteiger partial charge in [-0.3, -0.25) is 9.59 Å². The number of hydrogen-bond acceptors (Lipinski definition) is 3. The predicted octanol–water partition coefficient (Wildman–Crippen LogP) is 3.61. The molecule has 0 saturated carbocycles. The van der Waals surface area contributed by atoms with Gasteiger partial charge in [-0.05, 0) is 24.6 Å². The Morgan fingerprint density at radius 1 is 1.05 bits per heavy atom. The number of ketones is 1. The lowest BCUT2D eigenvalue weighted by atomic mass is 10.1. The normalized spacial score (nSPS) is 10.1. The van der Waals surface area contributed by atoms with E-state index in [4.69, 9.17) is 4.74 Å². The Balaban J connectivity index is 1.94. The number of aryl methyl sites for hydroxylation is 1. The number of hydrogen-bond donors (Lipinski definition) is 1. The molecule has 0 aliphatic heterocycles. The van der Waals surface area contributed by atoms with Crippen LogP contribution in [0, 0.1) is 6.92 Å². The van der Waals surface area contributed by atoms with Crippen molar-refractivity contribution >= 4 is 17.4 Å². The van der Waals surface area contributed by atoms with E-state index in [1.54, 1.807) is 25.3 Å². The Morgan fingerprint density at radius 2 is 1.77 bits per heavy atom. The Morgan fingerprint density at radius 3 is 2.45 bits per heavy atom. The van der Waals surface area contributed by atoms with Crippen LogP contribution in [-0.4, -0.2) is 18.8 Å². The van der Waals surface area contributed by atoms with Gasteiger partial charge < -0.3 is 10.1 Å². The monoisotopic (exact) mass is 297 g/mol. The van der Waals surface area contributed by atoms with Crippen LogP contribution in [0.3, 0.4) is 0 Å². The van der Waals surface area contributed by atoms with Gasteiger partial charge in [-0.15, -0.1) is 0 Å². The zero-order chi connectivity index (χ0) is 15.9. The van der Waals surface area contributed by atoms with Gasteiger partial charge in [-0.2, -0.15) is 0 Å². The lowest BCUT2D eigenvalue weighted by Gasteiger charge is -2.10. The summed E-state index contributed by atoms with van der Waals surface area (Å²) >= 11 is 0. The van der Waals surface area contributed by atoms with Gasteiger partial charge in [0, 0.05) is 18.4 Å². The number of carbonyl (C=O) groups excluding carboxylic acids is 2. The van der Waals surface area contributed by atoms with Crippen molar-refractivity contribution in [2.45, 2.75) is 19.8 Å². The molecule has 0 unspecified atom stereocenters. The van der Waals surface area contributed by atoms with E-state index in [9.17, 15) is 9.59 Å². The van der Waals surface area contributed by atoms with Gasteiger partial charge in [-0.25, -0.2) is 0 Å². The molecule has 0 atom stereocenters.